The van der Waals surface area contributed by atoms with Crippen molar-refractivity contribution in [3.8, 4) is 11.1 Å². The summed E-state index contributed by atoms with van der Waals surface area (Å²) in [5, 5.41) is 3.03. The van der Waals surface area contributed by atoms with Crippen molar-refractivity contribution in [2.45, 2.75) is 32.7 Å². The molecular weight excluding hydrogens is 258 g/mol. The number of carbonyl (C=O) groups excluding carboxylic acids is 1. The summed E-state index contributed by atoms with van der Waals surface area (Å²) in [4.78, 5) is 11.8. The van der Waals surface area contributed by atoms with E-state index in [0.717, 1.165) is 18.4 Å². The first-order valence-corrected chi connectivity index (χ1v) is 7.66. The Morgan fingerprint density at radius 1 is 1.10 bits per heavy atom. The summed E-state index contributed by atoms with van der Waals surface area (Å²) in [6.07, 6.45) is 3.31. The van der Waals surface area contributed by atoms with Crippen LogP contribution in [0.2, 0.25) is 0 Å². The van der Waals surface area contributed by atoms with E-state index in [1.54, 1.807) is 0 Å². The quantitative estimate of drug-likeness (QED) is 0.897. The monoisotopic (exact) mass is 279 g/mol. The zero-order chi connectivity index (χ0) is 14.7. The van der Waals surface area contributed by atoms with Crippen LogP contribution < -0.4 is 5.32 Å². The van der Waals surface area contributed by atoms with Crippen LogP contribution in [0.3, 0.4) is 0 Å². The number of aryl methyl sites for hydroxylation is 1. The number of hydrogen-bond acceptors (Lipinski definition) is 1. The Morgan fingerprint density at radius 3 is 2.48 bits per heavy atom. The number of nitrogens with one attached hydrogen (secondary N) is 1. The largest absolute Gasteiger partial charge is 0.352 e. The summed E-state index contributed by atoms with van der Waals surface area (Å²) in [5.74, 6) is 0.473. The highest BCUT2D eigenvalue weighted by atomic mass is 16.1. The van der Waals surface area contributed by atoms with Gasteiger partial charge in [-0.25, -0.2) is 0 Å². The van der Waals surface area contributed by atoms with E-state index >= 15 is 0 Å². The molecule has 0 unspecified atom stereocenters. The minimum Gasteiger partial charge on any atom is -0.352 e. The molecule has 1 aliphatic carbocycles. The highest BCUT2D eigenvalue weighted by Crippen LogP contribution is 2.26. The van der Waals surface area contributed by atoms with Crippen LogP contribution in [0.1, 0.15) is 30.4 Å². The van der Waals surface area contributed by atoms with E-state index in [-0.39, 0.29) is 11.8 Å². The molecule has 21 heavy (non-hydrogen) atoms. The SMILES string of the molecule is Cc1cccc(-c2ccc(CNC(=O)C3CCC3)cc2)c1. The lowest BCUT2D eigenvalue weighted by molar-refractivity contribution is -0.127. The molecule has 1 saturated carbocycles. The van der Waals surface area contributed by atoms with E-state index in [2.05, 4.69) is 60.8 Å². The lowest BCUT2D eigenvalue weighted by Gasteiger charge is -2.24. The predicted octanol–water partition coefficient (Wildman–Crippen LogP) is 4.08. The van der Waals surface area contributed by atoms with Gasteiger partial charge in [0.2, 0.25) is 5.91 Å². The molecule has 1 N–H and O–H groups in total. The van der Waals surface area contributed by atoms with E-state index in [0.29, 0.717) is 6.54 Å². The molecule has 2 aromatic rings. The fourth-order valence-electron chi connectivity index (χ4n) is 2.64. The minimum atomic E-state index is 0.212. The molecule has 2 nitrogen and oxygen atoms in total. The van der Waals surface area contributed by atoms with Crippen molar-refractivity contribution in [2.24, 2.45) is 5.92 Å². The van der Waals surface area contributed by atoms with Crippen LogP contribution in [-0.2, 0) is 11.3 Å². The van der Waals surface area contributed by atoms with Crippen LogP contribution in [0.15, 0.2) is 48.5 Å². The van der Waals surface area contributed by atoms with E-state index in [9.17, 15) is 4.79 Å². The fraction of sp³-hybridized carbons (Fsp3) is 0.316. The first-order chi connectivity index (χ1) is 10.2. The van der Waals surface area contributed by atoms with Crippen LogP contribution in [0.25, 0.3) is 11.1 Å². The van der Waals surface area contributed by atoms with Gasteiger partial charge in [-0.05, 0) is 36.5 Å². The molecule has 108 valence electrons. The molecule has 1 amide bonds. The van der Waals surface area contributed by atoms with Gasteiger partial charge >= 0.3 is 0 Å². The lowest BCUT2D eigenvalue weighted by Crippen LogP contribution is -2.33. The molecule has 0 heterocycles. The molecule has 0 radical (unpaired) electrons. The number of hydrogen-bond donors (Lipinski definition) is 1. The zero-order valence-electron chi connectivity index (χ0n) is 12.4. The molecule has 3 rings (SSSR count). The second kappa shape index (κ2) is 6.13. The van der Waals surface area contributed by atoms with Gasteiger partial charge in [-0.2, -0.15) is 0 Å². The van der Waals surface area contributed by atoms with Gasteiger partial charge in [-0.3, -0.25) is 4.79 Å². The maximum Gasteiger partial charge on any atom is 0.223 e. The normalized spacial score (nSPS) is 14.5. The van der Waals surface area contributed by atoms with Crippen LogP contribution in [0, 0.1) is 12.8 Å². The van der Waals surface area contributed by atoms with Crippen LogP contribution >= 0.6 is 0 Å². The first-order valence-electron chi connectivity index (χ1n) is 7.66. The van der Waals surface area contributed by atoms with E-state index < -0.39 is 0 Å². The summed E-state index contributed by atoms with van der Waals surface area (Å²) in [7, 11) is 0. The number of benzene rings is 2. The first kappa shape index (κ1) is 13.9. The molecule has 0 aromatic heterocycles. The van der Waals surface area contributed by atoms with E-state index in [4.69, 9.17) is 0 Å². The van der Waals surface area contributed by atoms with E-state index in [1.807, 2.05) is 0 Å². The molecule has 0 spiro atoms. The standard InChI is InChI=1S/C19H21NO/c1-14-4-2-7-18(12-14)16-10-8-15(9-11-16)13-20-19(21)17-5-3-6-17/h2,4,7-12,17H,3,5-6,13H2,1H3,(H,20,21). The maximum atomic E-state index is 11.8. The van der Waals surface area contributed by atoms with Gasteiger partial charge in [-0.1, -0.05) is 60.5 Å². The Balaban J connectivity index is 1.62. The van der Waals surface area contributed by atoms with Crippen molar-refractivity contribution in [3.05, 3.63) is 59.7 Å². The summed E-state index contributed by atoms with van der Waals surface area (Å²) in [6, 6.07) is 16.9. The van der Waals surface area contributed by atoms with Gasteiger partial charge < -0.3 is 5.32 Å². The van der Waals surface area contributed by atoms with Gasteiger partial charge in [0.05, 0.1) is 0 Å². The molecule has 1 fully saturated rings. The van der Waals surface area contributed by atoms with Crippen molar-refractivity contribution >= 4 is 5.91 Å². The Bertz CT molecular complexity index is 626. The smallest absolute Gasteiger partial charge is 0.223 e. The van der Waals surface area contributed by atoms with Crippen LogP contribution in [0.4, 0.5) is 0 Å². The molecule has 0 saturated heterocycles. The minimum absolute atomic E-state index is 0.212. The highest BCUT2D eigenvalue weighted by Gasteiger charge is 2.24. The van der Waals surface area contributed by atoms with Crippen molar-refractivity contribution in [1.82, 2.24) is 5.32 Å². The lowest BCUT2D eigenvalue weighted by atomic mass is 9.85. The molecule has 0 bridgehead atoms. The second-order valence-electron chi connectivity index (χ2n) is 5.91. The Kier molecular flexibility index (Phi) is 4.05. The fourth-order valence-corrected chi connectivity index (χ4v) is 2.64. The highest BCUT2D eigenvalue weighted by molar-refractivity contribution is 5.79. The van der Waals surface area contributed by atoms with Crippen molar-refractivity contribution in [2.75, 3.05) is 0 Å². The summed E-state index contributed by atoms with van der Waals surface area (Å²) in [5.41, 5.74) is 4.87. The predicted molar refractivity (Wildman–Crippen MR) is 85.8 cm³/mol. The summed E-state index contributed by atoms with van der Waals surface area (Å²) >= 11 is 0. The molecule has 2 aromatic carbocycles. The van der Waals surface area contributed by atoms with Gasteiger partial charge in [0.15, 0.2) is 0 Å². The second-order valence-corrected chi connectivity index (χ2v) is 5.91. The maximum absolute atomic E-state index is 11.8. The molecule has 2 heteroatoms. The Hall–Kier alpha value is -2.09. The number of amides is 1. The number of carbonyl (C=O) groups is 1. The van der Waals surface area contributed by atoms with Gasteiger partial charge in [0.1, 0.15) is 0 Å². The molecule has 0 aliphatic heterocycles. The Morgan fingerprint density at radius 2 is 1.86 bits per heavy atom. The average Bonchev–Trinajstić information content (AvgIpc) is 2.44. The van der Waals surface area contributed by atoms with E-state index in [1.165, 1.54) is 23.1 Å². The third-order valence-corrected chi connectivity index (χ3v) is 4.25. The van der Waals surface area contributed by atoms with Crippen LogP contribution in [-0.4, -0.2) is 5.91 Å². The van der Waals surface area contributed by atoms with Crippen molar-refractivity contribution in [3.63, 3.8) is 0 Å². The van der Waals surface area contributed by atoms with Gasteiger partial charge in [0, 0.05) is 12.5 Å². The van der Waals surface area contributed by atoms with Gasteiger partial charge in [-0.15, -0.1) is 0 Å². The third kappa shape index (κ3) is 3.33. The summed E-state index contributed by atoms with van der Waals surface area (Å²) < 4.78 is 0. The van der Waals surface area contributed by atoms with Crippen molar-refractivity contribution in [1.29, 1.82) is 0 Å². The van der Waals surface area contributed by atoms with Gasteiger partial charge in [0.25, 0.3) is 0 Å². The summed E-state index contributed by atoms with van der Waals surface area (Å²) in [6.45, 7) is 2.73. The molecule has 0 atom stereocenters. The average molecular weight is 279 g/mol. The zero-order valence-corrected chi connectivity index (χ0v) is 12.4. The molecular formula is C19H21NO. The van der Waals surface area contributed by atoms with Crippen LogP contribution in [0.5, 0.6) is 0 Å². The topological polar surface area (TPSA) is 29.1 Å². The number of rotatable bonds is 4. The Labute approximate surface area is 126 Å². The van der Waals surface area contributed by atoms with Crippen molar-refractivity contribution < 1.29 is 4.79 Å². The third-order valence-electron chi connectivity index (χ3n) is 4.25. The molecule has 1 aliphatic rings.